The van der Waals surface area contributed by atoms with Crippen LogP contribution in [0.15, 0.2) is 12.5 Å². The van der Waals surface area contributed by atoms with Crippen molar-refractivity contribution < 1.29 is 9.90 Å². The fraction of sp³-hybridized carbons (Fsp3) is 0.500. The van der Waals surface area contributed by atoms with E-state index in [2.05, 4.69) is 20.0 Å². The summed E-state index contributed by atoms with van der Waals surface area (Å²) in [4.78, 5) is 21.4. The standard InChI is InChI=1S/C12H15N5O2/c1-16-11-9(5-15-16)12(14-7-13-11)17-3-2-8(6-17)4-10(18)19/h5,7-8H,2-4,6H2,1H3,(H,18,19). The first-order chi connectivity index (χ1) is 9.15. The smallest absolute Gasteiger partial charge is 0.303 e. The summed E-state index contributed by atoms with van der Waals surface area (Å²) in [6.45, 7) is 1.56. The molecule has 1 saturated heterocycles. The molecule has 7 nitrogen and oxygen atoms in total. The Balaban J connectivity index is 1.87. The van der Waals surface area contributed by atoms with Crippen LogP contribution in [0.5, 0.6) is 0 Å². The third-order valence-corrected chi connectivity index (χ3v) is 3.56. The van der Waals surface area contributed by atoms with Gasteiger partial charge in [0.05, 0.1) is 11.6 Å². The Morgan fingerprint density at radius 1 is 1.53 bits per heavy atom. The maximum absolute atomic E-state index is 10.8. The summed E-state index contributed by atoms with van der Waals surface area (Å²) >= 11 is 0. The summed E-state index contributed by atoms with van der Waals surface area (Å²) in [5.41, 5.74) is 0.798. The number of carboxylic acid groups (broad SMARTS) is 1. The minimum atomic E-state index is -0.735. The van der Waals surface area contributed by atoms with Gasteiger partial charge in [-0.15, -0.1) is 0 Å². The number of carboxylic acids is 1. The molecule has 19 heavy (non-hydrogen) atoms. The number of aromatic nitrogens is 4. The highest BCUT2D eigenvalue weighted by Gasteiger charge is 2.26. The van der Waals surface area contributed by atoms with Gasteiger partial charge in [0, 0.05) is 26.6 Å². The largest absolute Gasteiger partial charge is 0.481 e. The molecule has 1 aliphatic heterocycles. The molecule has 2 aromatic heterocycles. The van der Waals surface area contributed by atoms with Crippen LogP contribution in [0.1, 0.15) is 12.8 Å². The first-order valence-corrected chi connectivity index (χ1v) is 6.24. The highest BCUT2D eigenvalue weighted by Crippen LogP contribution is 2.28. The zero-order chi connectivity index (χ0) is 13.4. The first-order valence-electron chi connectivity index (χ1n) is 6.24. The van der Waals surface area contributed by atoms with Gasteiger partial charge in [-0.1, -0.05) is 0 Å². The van der Waals surface area contributed by atoms with Crippen molar-refractivity contribution in [1.82, 2.24) is 19.7 Å². The number of anilines is 1. The normalized spacial score (nSPS) is 19.2. The average Bonchev–Trinajstić information content (AvgIpc) is 2.96. The molecule has 0 aliphatic carbocycles. The van der Waals surface area contributed by atoms with E-state index < -0.39 is 5.97 Å². The molecule has 0 aromatic carbocycles. The molecule has 1 N–H and O–H groups in total. The highest BCUT2D eigenvalue weighted by atomic mass is 16.4. The molecule has 100 valence electrons. The number of hydrogen-bond donors (Lipinski definition) is 1. The number of hydrogen-bond acceptors (Lipinski definition) is 5. The van der Waals surface area contributed by atoms with Crippen molar-refractivity contribution in [2.75, 3.05) is 18.0 Å². The molecule has 0 spiro atoms. The molecule has 1 atom stereocenters. The zero-order valence-electron chi connectivity index (χ0n) is 10.7. The lowest BCUT2D eigenvalue weighted by Crippen LogP contribution is -2.21. The quantitative estimate of drug-likeness (QED) is 0.874. The van der Waals surface area contributed by atoms with Gasteiger partial charge >= 0.3 is 5.97 Å². The Bertz CT molecular complexity index is 624. The number of carbonyl (C=O) groups is 1. The van der Waals surface area contributed by atoms with Gasteiger partial charge in [0.1, 0.15) is 12.1 Å². The van der Waals surface area contributed by atoms with Gasteiger partial charge in [0.15, 0.2) is 5.65 Å². The minimum absolute atomic E-state index is 0.194. The zero-order valence-corrected chi connectivity index (χ0v) is 10.7. The van der Waals surface area contributed by atoms with Crippen LogP contribution in [0.25, 0.3) is 11.0 Å². The highest BCUT2D eigenvalue weighted by molar-refractivity contribution is 5.86. The van der Waals surface area contributed by atoms with Crippen LogP contribution in [0, 0.1) is 5.92 Å². The van der Waals surface area contributed by atoms with Gasteiger partial charge in [-0.25, -0.2) is 9.97 Å². The van der Waals surface area contributed by atoms with Gasteiger partial charge in [-0.2, -0.15) is 5.10 Å². The second kappa shape index (κ2) is 4.49. The Morgan fingerprint density at radius 3 is 3.16 bits per heavy atom. The average molecular weight is 261 g/mol. The third-order valence-electron chi connectivity index (χ3n) is 3.56. The second-order valence-electron chi connectivity index (χ2n) is 4.90. The second-order valence-corrected chi connectivity index (χ2v) is 4.90. The Morgan fingerprint density at radius 2 is 2.37 bits per heavy atom. The fourth-order valence-corrected chi connectivity index (χ4v) is 2.64. The SMILES string of the molecule is Cn1ncc2c(N3CCC(CC(=O)O)C3)ncnc21. The van der Waals surface area contributed by atoms with Crippen LogP contribution in [-0.4, -0.2) is 43.9 Å². The fourth-order valence-electron chi connectivity index (χ4n) is 2.64. The van der Waals surface area contributed by atoms with Crippen molar-refractivity contribution in [3.8, 4) is 0 Å². The molecule has 3 rings (SSSR count). The van der Waals surface area contributed by atoms with Crippen molar-refractivity contribution in [1.29, 1.82) is 0 Å². The maximum atomic E-state index is 10.8. The monoisotopic (exact) mass is 261 g/mol. The van der Waals surface area contributed by atoms with E-state index in [1.807, 2.05) is 7.05 Å². The molecular formula is C12H15N5O2. The Labute approximate surface area is 109 Å². The van der Waals surface area contributed by atoms with Crippen LogP contribution in [0.3, 0.4) is 0 Å². The molecule has 0 amide bonds. The van der Waals surface area contributed by atoms with E-state index >= 15 is 0 Å². The minimum Gasteiger partial charge on any atom is -0.481 e. The van der Waals surface area contributed by atoms with Crippen molar-refractivity contribution >= 4 is 22.8 Å². The summed E-state index contributed by atoms with van der Waals surface area (Å²) in [7, 11) is 1.84. The van der Waals surface area contributed by atoms with Crippen LogP contribution in [0.2, 0.25) is 0 Å². The van der Waals surface area contributed by atoms with Crippen LogP contribution < -0.4 is 4.90 Å². The van der Waals surface area contributed by atoms with E-state index in [0.29, 0.717) is 0 Å². The predicted octanol–water partition coefficient (Wildman–Crippen LogP) is 0.664. The molecule has 1 aliphatic rings. The summed E-state index contributed by atoms with van der Waals surface area (Å²) in [5.74, 6) is 0.311. The van der Waals surface area contributed by atoms with Crippen LogP contribution in [0.4, 0.5) is 5.82 Å². The molecule has 2 aromatic rings. The summed E-state index contributed by atoms with van der Waals surface area (Å²) in [6.07, 6.45) is 4.40. The molecule has 3 heterocycles. The number of rotatable bonds is 3. The van der Waals surface area contributed by atoms with E-state index in [4.69, 9.17) is 5.11 Å². The summed E-state index contributed by atoms with van der Waals surface area (Å²) in [5, 5.41) is 14.0. The maximum Gasteiger partial charge on any atom is 0.303 e. The topological polar surface area (TPSA) is 84.1 Å². The molecular weight excluding hydrogens is 246 g/mol. The lowest BCUT2D eigenvalue weighted by atomic mass is 10.1. The molecule has 0 radical (unpaired) electrons. The van der Waals surface area contributed by atoms with E-state index in [0.717, 1.165) is 36.4 Å². The molecule has 1 unspecified atom stereocenters. The molecule has 7 heteroatoms. The summed E-state index contributed by atoms with van der Waals surface area (Å²) < 4.78 is 1.71. The van der Waals surface area contributed by atoms with Crippen molar-refractivity contribution in [2.45, 2.75) is 12.8 Å². The lowest BCUT2D eigenvalue weighted by Gasteiger charge is -2.17. The van der Waals surface area contributed by atoms with Gasteiger partial charge < -0.3 is 10.0 Å². The summed E-state index contributed by atoms with van der Waals surface area (Å²) in [6, 6.07) is 0. The van der Waals surface area contributed by atoms with E-state index in [9.17, 15) is 4.79 Å². The van der Waals surface area contributed by atoms with Gasteiger partial charge in [-0.05, 0) is 12.3 Å². The first kappa shape index (κ1) is 11.9. The van der Waals surface area contributed by atoms with Gasteiger partial charge in [0.2, 0.25) is 0 Å². The number of aryl methyl sites for hydroxylation is 1. The van der Waals surface area contributed by atoms with Crippen molar-refractivity contribution in [3.63, 3.8) is 0 Å². The Hall–Kier alpha value is -2.18. The van der Waals surface area contributed by atoms with Crippen molar-refractivity contribution in [3.05, 3.63) is 12.5 Å². The van der Waals surface area contributed by atoms with E-state index in [1.165, 1.54) is 6.33 Å². The van der Waals surface area contributed by atoms with Crippen LogP contribution in [-0.2, 0) is 11.8 Å². The van der Waals surface area contributed by atoms with E-state index in [-0.39, 0.29) is 12.3 Å². The van der Waals surface area contributed by atoms with Gasteiger partial charge in [0.25, 0.3) is 0 Å². The van der Waals surface area contributed by atoms with E-state index in [1.54, 1.807) is 10.9 Å². The van der Waals surface area contributed by atoms with Crippen molar-refractivity contribution in [2.24, 2.45) is 13.0 Å². The van der Waals surface area contributed by atoms with Crippen LogP contribution >= 0.6 is 0 Å². The lowest BCUT2D eigenvalue weighted by molar-refractivity contribution is -0.137. The molecule has 0 bridgehead atoms. The Kier molecular flexibility index (Phi) is 2.81. The molecule has 0 saturated carbocycles. The predicted molar refractivity (Wildman–Crippen MR) is 68.9 cm³/mol. The number of nitrogens with zero attached hydrogens (tertiary/aromatic N) is 5. The number of fused-ring (bicyclic) bond motifs is 1. The third kappa shape index (κ3) is 2.11. The van der Waals surface area contributed by atoms with Gasteiger partial charge in [-0.3, -0.25) is 9.48 Å². The number of aliphatic carboxylic acids is 1. The molecule has 1 fully saturated rings.